The van der Waals surface area contributed by atoms with Gasteiger partial charge in [0, 0.05) is 25.2 Å². The molecule has 5 nitrogen and oxygen atoms in total. The van der Waals surface area contributed by atoms with E-state index in [1.54, 1.807) is 11.0 Å². The van der Waals surface area contributed by atoms with E-state index in [9.17, 15) is 9.18 Å². The number of rotatable bonds is 3. The van der Waals surface area contributed by atoms with E-state index >= 15 is 0 Å². The highest BCUT2D eigenvalue weighted by Crippen LogP contribution is 2.32. The minimum absolute atomic E-state index is 0.0252. The maximum atomic E-state index is 13.5. The molecule has 0 N–H and O–H groups in total. The number of anilines is 1. The van der Waals surface area contributed by atoms with Crippen LogP contribution in [0.3, 0.4) is 0 Å². The van der Waals surface area contributed by atoms with Gasteiger partial charge in [-0.05, 0) is 38.0 Å². The molecule has 0 atom stereocenters. The number of carbonyl (C=O) groups is 1. The predicted molar refractivity (Wildman–Crippen MR) is 85.3 cm³/mol. The molecule has 122 valence electrons. The lowest BCUT2D eigenvalue weighted by Crippen LogP contribution is -2.38. The summed E-state index contributed by atoms with van der Waals surface area (Å²) in [6.45, 7) is 4.82. The maximum absolute atomic E-state index is 13.5. The molecule has 0 radical (unpaired) electrons. The molecule has 1 aliphatic rings. The van der Waals surface area contributed by atoms with E-state index in [1.165, 1.54) is 12.1 Å². The molecule has 23 heavy (non-hydrogen) atoms. The molecule has 0 spiro atoms. The van der Waals surface area contributed by atoms with Crippen LogP contribution in [0.4, 0.5) is 10.1 Å². The fraction of sp³-hybridized carbons (Fsp3) is 0.412. The summed E-state index contributed by atoms with van der Waals surface area (Å²) in [5.74, 6) is 0.161. The van der Waals surface area contributed by atoms with Crippen LogP contribution in [0.1, 0.15) is 23.4 Å². The number of halogens is 1. The minimum atomic E-state index is -0.369. The highest BCUT2D eigenvalue weighted by atomic mass is 19.1. The quantitative estimate of drug-likeness (QED) is 0.874. The van der Waals surface area contributed by atoms with Gasteiger partial charge < -0.3 is 9.64 Å². The van der Waals surface area contributed by atoms with Crippen molar-refractivity contribution >= 4 is 11.6 Å². The van der Waals surface area contributed by atoms with Crippen LogP contribution >= 0.6 is 0 Å². The van der Waals surface area contributed by atoms with Gasteiger partial charge in [0.1, 0.15) is 18.2 Å². The Morgan fingerprint density at radius 2 is 2.17 bits per heavy atom. The summed E-state index contributed by atoms with van der Waals surface area (Å²) in [7, 11) is 1.90. The number of hydrogen-bond donors (Lipinski definition) is 0. The molecule has 0 fully saturated rings. The Labute approximate surface area is 134 Å². The van der Waals surface area contributed by atoms with Gasteiger partial charge in [-0.25, -0.2) is 4.39 Å². The highest BCUT2D eigenvalue weighted by Gasteiger charge is 2.24. The zero-order valence-corrected chi connectivity index (χ0v) is 13.6. The Morgan fingerprint density at radius 3 is 2.87 bits per heavy atom. The molecule has 0 bridgehead atoms. The number of nitrogens with zero attached hydrogens (tertiary/aromatic N) is 3. The van der Waals surface area contributed by atoms with Crippen LogP contribution in [0.15, 0.2) is 18.2 Å². The zero-order valence-electron chi connectivity index (χ0n) is 13.6. The second-order valence-corrected chi connectivity index (χ2v) is 5.78. The molecule has 0 saturated heterocycles. The van der Waals surface area contributed by atoms with Gasteiger partial charge in [-0.1, -0.05) is 0 Å². The van der Waals surface area contributed by atoms with Crippen molar-refractivity contribution in [3.05, 3.63) is 41.0 Å². The molecular formula is C17H20FN3O2. The Kier molecular flexibility index (Phi) is 4.07. The van der Waals surface area contributed by atoms with Gasteiger partial charge in [0.05, 0.1) is 17.9 Å². The monoisotopic (exact) mass is 317 g/mol. The first-order valence-corrected chi connectivity index (χ1v) is 7.69. The topological polar surface area (TPSA) is 47.4 Å². The standard InChI is InChI=1S/C17H20FN3O2/c1-11-14(12(2)20(3)19-11)5-7-17(22)21-8-9-23-16-6-4-13(18)10-15(16)21/h4,6,10H,5,7-9H2,1-3H3. The lowest BCUT2D eigenvalue weighted by atomic mass is 10.1. The average Bonchev–Trinajstić information content (AvgIpc) is 2.77. The second kappa shape index (κ2) is 6.02. The molecule has 0 unspecified atom stereocenters. The van der Waals surface area contributed by atoms with Gasteiger partial charge in [-0.3, -0.25) is 9.48 Å². The van der Waals surface area contributed by atoms with Gasteiger partial charge in [0.15, 0.2) is 0 Å². The molecular weight excluding hydrogens is 297 g/mol. The largest absolute Gasteiger partial charge is 0.490 e. The van der Waals surface area contributed by atoms with Crippen molar-refractivity contribution in [1.82, 2.24) is 9.78 Å². The van der Waals surface area contributed by atoms with Gasteiger partial charge in [-0.2, -0.15) is 5.10 Å². The molecule has 6 heteroatoms. The summed E-state index contributed by atoms with van der Waals surface area (Å²) in [5, 5.41) is 4.37. The van der Waals surface area contributed by atoms with Crippen molar-refractivity contribution in [2.75, 3.05) is 18.1 Å². The Hall–Kier alpha value is -2.37. The first kappa shape index (κ1) is 15.5. The predicted octanol–water partition coefficient (Wildman–Crippen LogP) is 2.53. The molecule has 0 saturated carbocycles. The molecule has 1 amide bonds. The SMILES string of the molecule is Cc1nn(C)c(C)c1CCC(=O)N1CCOc2ccc(F)cc21. The highest BCUT2D eigenvalue weighted by molar-refractivity contribution is 5.95. The number of fused-ring (bicyclic) bond motifs is 1. The molecule has 2 aromatic rings. The van der Waals surface area contributed by atoms with E-state index < -0.39 is 0 Å². The second-order valence-electron chi connectivity index (χ2n) is 5.78. The third kappa shape index (κ3) is 2.93. The van der Waals surface area contributed by atoms with E-state index in [1.807, 2.05) is 25.6 Å². The summed E-state index contributed by atoms with van der Waals surface area (Å²) in [6.07, 6.45) is 0.996. The molecule has 1 aromatic carbocycles. The number of ether oxygens (including phenoxy) is 1. The van der Waals surface area contributed by atoms with Crippen molar-refractivity contribution in [3.8, 4) is 5.75 Å². The van der Waals surface area contributed by atoms with Crippen LogP contribution in [0.2, 0.25) is 0 Å². The molecule has 2 heterocycles. The molecule has 3 rings (SSSR count). The van der Waals surface area contributed by atoms with E-state index in [0.717, 1.165) is 17.0 Å². The summed E-state index contributed by atoms with van der Waals surface area (Å²) >= 11 is 0. The number of benzene rings is 1. The van der Waals surface area contributed by atoms with Crippen molar-refractivity contribution in [3.63, 3.8) is 0 Å². The van der Waals surface area contributed by atoms with Crippen LogP contribution in [-0.2, 0) is 18.3 Å². The normalized spacial score (nSPS) is 13.7. The molecule has 1 aromatic heterocycles. The maximum Gasteiger partial charge on any atom is 0.227 e. The van der Waals surface area contributed by atoms with Crippen LogP contribution in [0, 0.1) is 19.7 Å². The lowest BCUT2D eigenvalue weighted by molar-refractivity contribution is -0.118. The van der Waals surface area contributed by atoms with Gasteiger partial charge in [0.25, 0.3) is 0 Å². The number of hydrogen-bond acceptors (Lipinski definition) is 3. The third-order valence-electron chi connectivity index (χ3n) is 4.33. The first-order valence-electron chi connectivity index (χ1n) is 7.69. The first-order chi connectivity index (χ1) is 11.0. The number of carbonyl (C=O) groups excluding carboxylic acids is 1. The molecule has 0 aliphatic carbocycles. The lowest BCUT2D eigenvalue weighted by Gasteiger charge is -2.29. The summed E-state index contributed by atoms with van der Waals surface area (Å²) in [6, 6.07) is 4.27. The van der Waals surface area contributed by atoms with Crippen LogP contribution in [-0.4, -0.2) is 28.8 Å². The van der Waals surface area contributed by atoms with Crippen molar-refractivity contribution < 1.29 is 13.9 Å². The summed E-state index contributed by atoms with van der Waals surface area (Å²) < 4.78 is 20.8. The van der Waals surface area contributed by atoms with Gasteiger partial charge in [0.2, 0.25) is 5.91 Å². The van der Waals surface area contributed by atoms with Crippen molar-refractivity contribution in [1.29, 1.82) is 0 Å². The average molecular weight is 317 g/mol. The van der Waals surface area contributed by atoms with E-state index in [4.69, 9.17) is 4.74 Å². The zero-order chi connectivity index (χ0) is 16.6. The molecule has 1 aliphatic heterocycles. The van der Waals surface area contributed by atoms with Gasteiger partial charge >= 0.3 is 0 Å². The number of amides is 1. The van der Waals surface area contributed by atoms with Crippen LogP contribution in [0.25, 0.3) is 0 Å². The number of aryl methyl sites for hydroxylation is 2. The number of aromatic nitrogens is 2. The minimum Gasteiger partial charge on any atom is -0.490 e. The van der Waals surface area contributed by atoms with E-state index in [2.05, 4.69) is 5.10 Å². The smallest absolute Gasteiger partial charge is 0.227 e. The van der Waals surface area contributed by atoms with E-state index in [0.29, 0.717) is 37.4 Å². The van der Waals surface area contributed by atoms with Gasteiger partial charge in [-0.15, -0.1) is 0 Å². The fourth-order valence-electron chi connectivity index (χ4n) is 3.00. The fourth-order valence-corrected chi connectivity index (χ4v) is 3.00. The van der Waals surface area contributed by atoms with Crippen molar-refractivity contribution in [2.24, 2.45) is 7.05 Å². The third-order valence-corrected chi connectivity index (χ3v) is 4.33. The summed E-state index contributed by atoms with van der Waals surface area (Å²) in [5.41, 5.74) is 3.64. The van der Waals surface area contributed by atoms with Crippen molar-refractivity contribution in [2.45, 2.75) is 26.7 Å². The van der Waals surface area contributed by atoms with Crippen LogP contribution in [0.5, 0.6) is 5.75 Å². The van der Waals surface area contributed by atoms with E-state index in [-0.39, 0.29) is 11.7 Å². The Bertz CT molecular complexity index is 755. The summed E-state index contributed by atoms with van der Waals surface area (Å²) in [4.78, 5) is 14.2. The Morgan fingerprint density at radius 1 is 1.39 bits per heavy atom. The Balaban J connectivity index is 1.76. The van der Waals surface area contributed by atoms with Crippen LogP contribution < -0.4 is 9.64 Å².